The molecule has 25 heavy (non-hydrogen) atoms. The molecule has 1 unspecified atom stereocenters. The molecule has 1 atom stereocenters. The number of aromatic nitrogens is 3. The summed E-state index contributed by atoms with van der Waals surface area (Å²) in [7, 11) is 1.63. The fourth-order valence-electron chi connectivity index (χ4n) is 4.72. The standard InChI is InChI=1S/C20H23N3O2/c1-25-18-3-2-14-16-11-21-12-23(16)15(19(14)22-18)10-17(24)13-4-6-20(7-5-13)8-9-20/h2-3,11-13,15H,4-10H2,1H3. The number of rotatable bonds is 4. The molecular weight excluding hydrogens is 314 g/mol. The average Bonchev–Trinajstić information content (AvgIpc) is 3.11. The van der Waals surface area contributed by atoms with Crippen LogP contribution >= 0.6 is 0 Å². The van der Waals surface area contributed by atoms with E-state index in [-0.39, 0.29) is 12.0 Å². The number of methoxy groups -OCH3 is 1. The molecule has 3 aliphatic rings. The number of hydrogen-bond donors (Lipinski definition) is 0. The summed E-state index contributed by atoms with van der Waals surface area (Å²) in [6.45, 7) is 0. The molecule has 0 amide bonds. The number of carbonyl (C=O) groups is 1. The first-order valence-electron chi connectivity index (χ1n) is 9.29. The summed E-state index contributed by atoms with van der Waals surface area (Å²) in [5.41, 5.74) is 3.68. The predicted molar refractivity (Wildman–Crippen MR) is 93.4 cm³/mol. The van der Waals surface area contributed by atoms with Crippen LogP contribution < -0.4 is 4.74 Å². The zero-order valence-corrected chi connectivity index (χ0v) is 14.6. The van der Waals surface area contributed by atoms with Gasteiger partial charge in [-0.3, -0.25) is 4.79 Å². The Bertz CT molecular complexity index is 827. The molecule has 0 N–H and O–H groups in total. The Balaban J connectivity index is 1.39. The summed E-state index contributed by atoms with van der Waals surface area (Å²) < 4.78 is 7.39. The molecule has 1 aliphatic heterocycles. The molecule has 2 aliphatic carbocycles. The Morgan fingerprint density at radius 3 is 2.80 bits per heavy atom. The fourth-order valence-corrected chi connectivity index (χ4v) is 4.72. The molecule has 0 bridgehead atoms. The van der Waals surface area contributed by atoms with Crippen molar-refractivity contribution in [3.63, 3.8) is 0 Å². The number of nitrogens with zero attached hydrogens (tertiary/aromatic N) is 3. The molecule has 0 radical (unpaired) electrons. The van der Waals surface area contributed by atoms with E-state index in [9.17, 15) is 4.79 Å². The van der Waals surface area contributed by atoms with Crippen molar-refractivity contribution in [1.29, 1.82) is 0 Å². The second kappa shape index (κ2) is 5.41. The van der Waals surface area contributed by atoms with Gasteiger partial charge >= 0.3 is 0 Å². The van der Waals surface area contributed by atoms with Crippen LogP contribution in [0.25, 0.3) is 11.3 Å². The van der Waals surface area contributed by atoms with Crippen LogP contribution in [0.2, 0.25) is 0 Å². The summed E-state index contributed by atoms with van der Waals surface area (Å²) in [6.07, 6.45) is 11.6. The zero-order valence-electron chi connectivity index (χ0n) is 14.6. The number of Topliss-reactive ketones (excluding diaryl/α,β-unsaturated/α-hetero) is 1. The van der Waals surface area contributed by atoms with Gasteiger partial charge in [0.2, 0.25) is 5.88 Å². The predicted octanol–water partition coefficient (Wildman–Crippen LogP) is 3.79. The van der Waals surface area contributed by atoms with E-state index in [2.05, 4.69) is 14.5 Å². The molecule has 0 aromatic carbocycles. The summed E-state index contributed by atoms with van der Waals surface area (Å²) in [4.78, 5) is 21.9. The highest BCUT2D eigenvalue weighted by Gasteiger charge is 2.46. The monoisotopic (exact) mass is 337 g/mol. The van der Waals surface area contributed by atoms with Crippen LogP contribution in [0.15, 0.2) is 24.7 Å². The molecule has 2 aromatic rings. The summed E-state index contributed by atoms with van der Waals surface area (Å²) in [6, 6.07) is 3.85. The highest BCUT2D eigenvalue weighted by Crippen LogP contribution is 2.57. The van der Waals surface area contributed by atoms with Gasteiger partial charge in [-0.15, -0.1) is 0 Å². The summed E-state index contributed by atoms with van der Waals surface area (Å²) in [5.74, 6) is 1.22. The molecule has 1 spiro atoms. The largest absolute Gasteiger partial charge is 0.481 e. The minimum atomic E-state index is -0.0492. The fraction of sp³-hybridized carbons (Fsp3) is 0.550. The van der Waals surface area contributed by atoms with Crippen molar-refractivity contribution in [2.75, 3.05) is 7.11 Å². The van der Waals surface area contributed by atoms with Crippen molar-refractivity contribution in [3.8, 4) is 17.1 Å². The SMILES string of the molecule is COc1ccc2c(n1)C(CC(=O)C1CCC3(CC1)CC3)n1cncc1-2. The summed E-state index contributed by atoms with van der Waals surface area (Å²) >= 11 is 0. The van der Waals surface area contributed by atoms with Crippen LogP contribution in [0.4, 0.5) is 0 Å². The highest BCUT2D eigenvalue weighted by atomic mass is 16.5. The Morgan fingerprint density at radius 2 is 2.08 bits per heavy atom. The quantitative estimate of drug-likeness (QED) is 0.852. The lowest BCUT2D eigenvalue weighted by molar-refractivity contribution is -0.124. The minimum absolute atomic E-state index is 0.0492. The molecule has 5 rings (SSSR count). The van der Waals surface area contributed by atoms with E-state index in [0.29, 0.717) is 23.5 Å². The van der Waals surface area contributed by atoms with Crippen molar-refractivity contribution in [1.82, 2.24) is 14.5 Å². The lowest BCUT2D eigenvalue weighted by Crippen LogP contribution is -2.25. The van der Waals surface area contributed by atoms with Gasteiger partial charge in [-0.2, -0.15) is 0 Å². The van der Waals surface area contributed by atoms with E-state index in [4.69, 9.17) is 4.74 Å². The Labute approximate surface area is 147 Å². The second-order valence-electron chi connectivity index (χ2n) is 7.93. The Kier molecular flexibility index (Phi) is 3.27. The van der Waals surface area contributed by atoms with Crippen LogP contribution in [0, 0.1) is 11.3 Å². The number of imidazole rings is 1. The highest BCUT2D eigenvalue weighted by molar-refractivity contribution is 5.83. The van der Waals surface area contributed by atoms with Crippen LogP contribution in [0.1, 0.15) is 56.7 Å². The van der Waals surface area contributed by atoms with Crippen molar-refractivity contribution >= 4 is 5.78 Å². The van der Waals surface area contributed by atoms with Gasteiger partial charge in [-0.05, 0) is 50.0 Å². The van der Waals surface area contributed by atoms with E-state index >= 15 is 0 Å². The molecule has 2 aromatic heterocycles. The van der Waals surface area contributed by atoms with E-state index in [1.807, 2.05) is 24.7 Å². The number of hydrogen-bond acceptors (Lipinski definition) is 4. The van der Waals surface area contributed by atoms with Gasteiger partial charge in [0.05, 0.1) is 37.1 Å². The third-order valence-corrected chi connectivity index (χ3v) is 6.55. The first-order chi connectivity index (χ1) is 12.2. The topological polar surface area (TPSA) is 57.0 Å². The third-order valence-electron chi connectivity index (χ3n) is 6.55. The Hall–Kier alpha value is -2.17. The van der Waals surface area contributed by atoms with E-state index < -0.39 is 0 Å². The first kappa shape index (κ1) is 15.1. The summed E-state index contributed by atoms with van der Waals surface area (Å²) in [5, 5.41) is 0. The maximum absolute atomic E-state index is 13.0. The lowest BCUT2D eigenvalue weighted by Gasteiger charge is -2.28. The zero-order chi connectivity index (χ0) is 17.0. The van der Waals surface area contributed by atoms with Crippen LogP contribution in [-0.2, 0) is 4.79 Å². The van der Waals surface area contributed by atoms with Crippen molar-refractivity contribution in [3.05, 3.63) is 30.4 Å². The maximum Gasteiger partial charge on any atom is 0.213 e. The average molecular weight is 337 g/mol. The molecule has 130 valence electrons. The van der Waals surface area contributed by atoms with Crippen LogP contribution in [0.5, 0.6) is 5.88 Å². The van der Waals surface area contributed by atoms with Crippen molar-refractivity contribution in [2.45, 2.75) is 51.0 Å². The number of carbonyl (C=O) groups excluding carboxylic acids is 1. The molecule has 2 fully saturated rings. The van der Waals surface area contributed by atoms with Crippen molar-refractivity contribution in [2.24, 2.45) is 11.3 Å². The van der Waals surface area contributed by atoms with E-state index in [0.717, 1.165) is 29.8 Å². The van der Waals surface area contributed by atoms with Gasteiger partial charge < -0.3 is 9.30 Å². The molecular formula is C20H23N3O2. The number of ketones is 1. The minimum Gasteiger partial charge on any atom is -0.481 e. The molecule has 3 heterocycles. The molecule has 5 nitrogen and oxygen atoms in total. The van der Waals surface area contributed by atoms with Gasteiger partial charge in [0, 0.05) is 24.0 Å². The van der Waals surface area contributed by atoms with Gasteiger partial charge in [0.25, 0.3) is 0 Å². The third kappa shape index (κ3) is 2.40. The molecule has 2 saturated carbocycles. The number of ether oxygens (including phenoxy) is 1. The van der Waals surface area contributed by atoms with Gasteiger partial charge in [-0.1, -0.05) is 0 Å². The van der Waals surface area contributed by atoms with E-state index in [1.165, 1.54) is 25.7 Å². The normalized spacial score (nSPS) is 23.3. The number of fused-ring (bicyclic) bond motifs is 3. The van der Waals surface area contributed by atoms with Gasteiger partial charge in [-0.25, -0.2) is 9.97 Å². The first-order valence-corrected chi connectivity index (χ1v) is 9.29. The second-order valence-corrected chi connectivity index (χ2v) is 7.93. The van der Waals surface area contributed by atoms with Gasteiger partial charge in [0.15, 0.2) is 0 Å². The van der Waals surface area contributed by atoms with Crippen LogP contribution in [-0.4, -0.2) is 27.4 Å². The smallest absolute Gasteiger partial charge is 0.213 e. The van der Waals surface area contributed by atoms with Gasteiger partial charge in [0.1, 0.15) is 5.78 Å². The van der Waals surface area contributed by atoms with Crippen LogP contribution in [0.3, 0.4) is 0 Å². The Morgan fingerprint density at radius 1 is 1.28 bits per heavy atom. The molecule has 5 heteroatoms. The number of pyridine rings is 1. The van der Waals surface area contributed by atoms with Crippen molar-refractivity contribution < 1.29 is 9.53 Å². The molecule has 0 saturated heterocycles. The lowest BCUT2D eigenvalue weighted by atomic mass is 9.77. The maximum atomic E-state index is 13.0. The van der Waals surface area contributed by atoms with E-state index in [1.54, 1.807) is 7.11 Å².